The fraction of sp³-hybridized carbons (Fsp3) is 0.357. The molecule has 0 spiro atoms. The summed E-state index contributed by atoms with van der Waals surface area (Å²) in [5.41, 5.74) is 0.912. The van der Waals surface area contributed by atoms with E-state index in [2.05, 4.69) is 25.2 Å². The number of thiophene rings is 1. The quantitative estimate of drug-likeness (QED) is 0.794. The number of H-pyrrole nitrogens is 1. The zero-order valence-electron chi connectivity index (χ0n) is 11.8. The van der Waals surface area contributed by atoms with Crippen molar-refractivity contribution in [1.29, 1.82) is 0 Å². The van der Waals surface area contributed by atoms with Crippen LogP contribution in [0.3, 0.4) is 0 Å². The molecule has 0 aromatic carbocycles. The highest BCUT2D eigenvalue weighted by Gasteiger charge is 2.27. The highest BCUT2D eigenvalue weighted by molar-refractivity contribution is 7.13. The first-order chi connectivity index (χ1) is 10.9. The van der Waals surface area contributed by atoms with Crippen LogP contribution in [0.25, 0.3) is 10.6 Å². The third-order valence-corrected chi connectivity index (χ3v) is 4.56. The molecule has 8 heteroatoms. The molecular weight excluding hydrogens is 302 g/mol. The van der Waals surface area contributed by atoms with Gasteiger partial charge in [0.1, 0.15) is 12.2 Å². The van der Waals surface area contributed by atoms with Crippen LogP contribution in [0, 0.1) is 0 Å². The van der Waals surface area contributed by atoms with Crippen LogP contribution in [0.2, 0.25) is 0 Å². The van der Waals surface area contributed by atoms with E-state index in [1.54, 1.807) is 11.3 Å². The molecule has 3 aromatic rings. The molecule has 4 heterocycles. The van der Waals surface area contributed by atoms with Crippen molar-refractivity contribution in [2.45, 2.75) is 12.6 Å². The second-order valence-corrected chi connectivity index (χ2v) is 6.04. The summed E-state index contributed by atoms with van der Waals surface area (Å²) in [4.78, 5) is 7.62. The minimum Gasteiger partial charge on any atom is -0.378 e. The van der Waals surface area contributed by atoms with Crippen LogP contribution in [0.5, 0.6) is 0 Å². The number of aromatic amines is 1. The van der Waals surface area contributed by atoms with Crippen molar-refractivity contribution in [2.75, 3.05) is 19.8 Å². The van der Waals surface area contributed by atoms with Crippen molar-refractivity contribution in [2.24, 2.45) is 0 Å². The van der Waals surface area contributed by atoms with E-state index in [1.165, 1.54) is 6.33 Å². The van der Waals surface area contributed by atoms with Crippen LogP contribution in [0.1, 0.15) is 17.6 Å². The smallest absolute Gasteiger partial charge is 0.177 e. The lowest BCUT2D eigenvalue weighted by Crippen LogP contribution is -2.39. The Balaban J connectivity index is 1.52. The molecule has 1 atom stereocenters. The Morgan fingerprint density at radius 3 is 3.27 bits per heavy atom. The van der Waals surface area contributed by atoms with Gasteiger partial charge in [-0.3, -0.25) is 10.00 Å². The minimum absolute atomic E-state index is 0.0677. The molecule has 1 aliphatic rings. The molecule has 1 fully saturated rings. The summed E-state index contributed by atoms with van der Waals surface area (Å²) < 4.78 is 11.0. The molecular formula is C14H15N5O2S. The minimum atomic E-state index is 0.0677. The van der Waals surface area contributed by atoms with Gasteiger partial charge in [0.05, 0.1) is 29.8 Å². The zero-order valence-corrected chi connectivity index (χ0v) is 12.6. The monoisotopic (exact) mass is 317 g/mol. The van der Waals surface area contributed by atoms with E-state index in [0.29, 0.717) is 19.8 Å². The van der Waals surface area contributed by atoms with Crippen LogP contribution in [-0.2, 0) is 11.3 Å². The number of hydrogen-bond donors (Lipinski definition) is 1. The molecule has 0 saturated carbocycles. The lowest BCUT2D eigenvalue weighted by Gasteiger charge is -2.33. The number of aromatic nitrogens is 4. The number of nitrogens with one attached hydrogen (secondary N) is 1. The normalized spacial score (nSPS) is 19.5. The standard InChI is InChI=1S/C14H15N5O2S/c1-2-13(22-5-1)12-6-10(18-21-12)7-19-3-4-20-8-11(19)14-15-9-16-17-14/h1-2,5-6,9,11H,3-4,7-8H2,(H,15,16,17). The molecule has 1 saturated heterocycles. The lowest BCUT2D eigenvalue weighted by molar-refractivity contribution is -0.0166. The van der Waals surface area contributed by atoms with Crippen LogP contribution >= 0.6 is 11.3 Å². The van der Waals surface area contributed by atoms with E-state index in [9.17, 15) is 0 Å². The Morgan fingerprint density at radius 1 is 1.45 bits per heavy atom. The first kappa shape index (κ1) is 13.6. The third-order valence-electron chi connectivity index (χ3n) is 3.68. The molecule has 1 unspecified atom stereocenters. The van der Waals surface area contributed by atoms with E-state index < -0.39 is 0 Å². The summed E-state index contributed by atoms with van der Waals surface area (Å²) in [6, 6.07) is 6.10. The Bertz CT molecular complexity index is 710. The highest BCUT2D eigenvalue weighted by Crippen LogP contribution is 2.27. The maximum atomic E-state index is 5.57. The molecule has 1 N–H and O–H groups in total. The molecule has 7 nitrogen and oxygen atoms in total. The van der Waals surface area contributed by atoms with Gasteiger partial charge >= 0.3 is 0 Å². The second kappa shape index (κ2) is 5.99. The summed E-state index contributed by atoms with van der Waals surface area (Å²) >= 11 is 1.64. The largest absolute Gasteiger partial charge is 0.378 e. The van der Waals surface area contributed by atoms with Gasteiger partial charge in [0, 0.05) is 19.2 Å². The van der Waals surface area contributed by atoms with Gasteiger partial charge in [-0.1, -0.05) is 11.2 Å². The number of ether oxygens (including phenoxy) is 1. The van der Waals surface area contributed by atoms with Crippen molar-refractivity contribution in [3.63, 3.8) is 0 Å². The van der Waals surface area contributed by atoms with E-state index in [-0.39, 0.29) is 6.04 Å². The van der Waals surface area contributed by atoms with Gasteiger partial charge in [-0.2, -0.15) is 5.10 Å². The Kier molecular flexibility index (Phi) is 3.71. The first-order valence-corrected chi connectivity index (χ1v) is 7.94. The maximum Gasteiger partial charge on any atom is 0.177 e. The van der Waals surface area contributed by atoms with Crippen molar-refractivity contribution < 1.29 is 9.26 Å². The average molecular weight is 317 g/mol. The molecule has 114 valence electrons. The van der Waals surface area contributed by atoms with Crippen molar-refractivity contribution >= 4 is 11.3 Å². The summed E-state index contributed by atoms with van der Waals surface area (Å²) in [5, 5.41) is 13.1. The van der Waals surface area contributed by atoms with Gasteiger partial charge in [-0.15, -0.1) is 11.3 Å². The summed E-state index contributed by atoms with van der Waals surface area (Å²) in [6.07, 6.45) is 1.52. The topological polar surface area (TPSA) is 80.1 Å². The first-order valence-electron chi connectivity index (χ1n) is 7.06. The molecule has 22 heavy (non-hydrogen) atoms. The molecule has 3 aromatic heterocycles. The third kappa shape index (κ3) is 2.68. The van der Waals surface area contributed by atoms with E-state index in [1.807, 2.05) is 23.6 Å². The van der Waals surface area contributed by atoms with E-state index >= 15 is 0 Å². The molecule has 1 aliphatic heterocycles. The van der Waals surface area contributed by atoms with Gasteiger partial charge in [0.15, 0.2) is 5.76 Å². The predicted octanol–water partition coefficient (Wildman–Crippen LogP) is 2.09. The van der Waals surface area contributed by atoms with Crippen molar-refractivity contribution in [3.05, 3.63) is 41.4 Å². The molecule has 0 aliphatic carbocycles. The molecule has 0 radical (unpaired) electrons. The maximum absolute atomic E-state index is 5.57. The van der Waals surface area contributed by atoms with Gasteiger partial charge in [0.2, 0.25) is 0 Å². The summed E-state index contributed by atoms with van der Waals surface area (Å²) in [7, 11) is 0. The highest BCUT2D eigenvalue weighted by atomic mass is 32.1. The fourth-order valence-corrected chi connectivity index (χ4v) is 3.26. The fourth-order valence-electron chi connectivity index (χ4n) is 2.58. The van der Waals surface area contributed by atoms with E-state index in [4.69, 9.17) is 9.26 Å². The van der Waals surface area contributed by atoms with E-state index in [0.717, 1.165) is 28.7 Å². The predicted molar refractivity (Wildman–Crippen MR) is 80.2 cm³/mol. The van der Waals surface area contributed by atoms with Crippen LogP contribution in [0.4, 0.5) is 0 Å². The Morgan fingerprint density at radius 2 is 2.45 bits per heavy atom. The van der Waals surface area contributed by atoms with Crippen LogP contribution in [0.15, 0.2) is 34.4 Å². The van der Waals surface area contributed by atoms with Gasteiger partial charge in [-0.05, 0) is 11.4 Å². The molecule has 0 amide bonds. The second-order valence-electron chi connectivity index (χ2n) is 5.09. The van der Waals surface area contributed by atoms with Crippen molar-refractivity contribution in [3.8, 4) is 10.6 Å². The Hall–Kier alpha value is -2.03. The van der Waals surface area contributed by atoms with Crippen LogP contribution < -0.4 is 0 Å². The van der Waals surface area contributed by atoms with Crippen LogP contribution in [-0.4, -0.2) is 45.0 Å². The zero-order chi connectivity index (χ0) is 14.8. The molecule has 4 rings (SSSR count). The summed E-state index contributed by atoms with van der Waals surface area (Å²) in [6.45, 7) is 2.83. The van der Waals surface area contributed by atoms with Gasteiger partial charge in [0.25, 0.3) is 0 Å². The van der Waals surface area contributed by atoms with Gasteiger partial charge in [-0.25, -0.2) is 4.98 Å². The SMILES string of the molecule is c1csc(-c2cc(CN3CCOCC3c3ncn[nH]3)no2)c1. The molecule has 0 bridgehead atoms. The lowest BCUT2D eigenvalue weighted by atomic mass is 10.2. The van der Waals surface area contributed by atoms with Crippen molar-refractivity contribution in [1.82, 2.24) is 25.2 Å². The van der Waals surface area contributed by atoms with Gasteiger partial charge < -0.3 is 9.26 Å². The number of morpholine rings is 1. The summed E-state index contributed by atoms with van der Waals surface area (Å²) in [5.74, 6) is 1.64. The number of hydrogen-bond acceptors (Lipinski definition) is 7. The Labute approximate surface area is 130 Å². The number of rotatable bonds is 4. The average Bonchev–Trinajstić information content (AvgIpc) is 3.30. The number of nitrogens with zero attached hydrogens (tertiary/aromatic N) is 4.